The van der Waals surface area contributed by atoms with E-state index in [1.54, 1.807) is 6.07 Å². The van der Waals surface area contributed by atoms with Gasteiger partial charge in [0.1, 0.15) is 5.82 Å². The minimum atomic E-state index is -0.134. The second kappa shape index (κ2) is 7.82. The fourth-order valence-electron chi connectivity index (χ4n) is 2.98. The van der Waals surface area contributed by atoms with Gasteiger partial charge in [0.15, 0.2) is 11.0 Å². The molecule has 1 atom stereocenters. The number of hydrogen-bond donors (Lipinski definition) is 1. The average Bonchev–Trinajstić information content (AvgIpc) is 3.11. The first-order valence-electron chi connectivity index (χ1n) is 8.92. The zero-order valence-electron chi connectivity index (χ0n) is 15.4. The highest BCUT2D eigenvalue weighted by Gasteiger charge is 2.19. The summed E-state index contributed by atoms with van der Waals surface area (Å²) in [5, 5.41) is 9.98. The monoisotopic (exact) mass is 389 g/mol. The molecule has 2 aromatic heterocycles. The van der Waals surface area contributed by atoms with Gasteiger partial charge in [0.2, 0.25) is 0 Å². The minimum absolute atomic E-state index is 0.103. The number of aromatic nitrogens is 5. The molecule has 140 valence electrons. The second-order valence-corrected chi connectivity index (χ2v) is 7.61. The molecule has 2 heterocycles. The molecule has 0 aliphatic rings. The van der Waals surface area contributed by atoms with Crippen LogP contribution in [0.25, 0.3) is 22.3 Å². The molecule has 0 saturated carbocycles. The van der Waals surface area contributed by atoms with Gasteiger partial charge in [-0.1, -0.05) is 60.3 Å². The summed E-state index contributed by atoms with van der Waals surface area (Å²) in [4.78, 5) is 19.9. The lowest BCUT2D eigenvalue weighted by molar-refractivity contribution is 0.727. The first kappa shape index (κ1) is 18.2. The van der Waals surface area contributed by atoms with E-state index in [2.05, 4.69) is 26.7 Å². The maximum Gasteiger partial charge on any atom is 0.258 e. The summed E-state index contributed by atoms with van der Waals surface area (Å²) in [7, 11) is 0. The average molecular weight is 389 g/mol. The Kier molecular flexibility index (Phi) is 5.08. The van der Waals surface area contributed by atoms with Crippen LogP contribution in [-0.4, -0.2) is 24.7 Å². The number of para-hydroxylation sites is 1. The molecule has 0 unspecified atom stereocenters. The summed E-state index contributed by atoms with van der Waals surface area (Å²) < 4.78 is 2.02. The number of aromatic amines is 1. The van der Waals surface area contributed by atoms with Crippen molar-refractivity contribution in [1.29, 1.82) is 0 Å². The number of allylic oxidation sites excluding steroid dienone is 1. The summed E-state index contributed by atoms with van der Waals surface area (Å²) in [6.45, 7) is 6.43. The molecule has 4 rings (SSSR count). The fourth-order valence-corrected chi connectivity index (χ4v) is 3.90. The molecule has 0 aliphatic heterocycles. The first-order chi connectivity index (χ1) is 13.7. The van der Waals surface area contributed by atoms with Crippen molar-refractivity contribution < 1.29 is 0 Å². The van der Waals surface area contributed by atoms with Crippen molar-refractivity contribution in [3.05, 3.63) is 83.4 Å². The van der Waals surface area contributed by atoms with Crippen molar-refractivity contribution in [2.75, 3.05) is 0 Å². The van der Waals surface area contributed by atoms with Gasteiger partial charge in [-0.25, -0.2) is 4.98 Å². The molecule has 4 aromatic rings. The molecule has 0 radical (unpaired) electrons. The molecule has 0 aliphatic carbocycles. The molecule has 2 aromatic carbocycles. The zero-order chi connectivity index (χ0) is 19.5. The highest BCUT2D eigenvalue weighted by molar-refractivity contribution is 7.99. The minimum Gasteiger partial charge on any atom is -0.309 e. The highest BCUT2D eigenvalue weighted by atomic mass is 32.2. The van der Waals surface area contributed by atoms with Crippen molar-refractivity contribution in [3.8, 4) is 11.4 Å². The molecular weight excluding hydrogens is 370 g/mol. The summed E-state index contributed by atoms with van der Waals surface area (Å²) in [6, 6.07) is 17.3. The molecule has 0 saturated heterocycles. The number of fused-ring (bicyclic) bond motifs is 1. The summed E-state index contributed by atoms with van der Waals surface area (Å²) in [6.07, 6.45) is 1.82. The van der Waals surface area contributed by atoms with Gasteiger partial charge >= 0.3 is 0 Å². The predicted octanol–water partition coefficient (Wildman–Crippen LogP) is 4.22. The van der Waals surface area contributed by atoms with Crippen LogP contribution in [0.5, 0.6) is 0 Å². The largest absolute Gasteiger partial charge is 0.309 e. The predicted molar refractivity (Wildman–Crippen MR) is 112 cm³/mol. The van der Waals surface area contributed by atoms with Crippen molar-refractivity contribution in [1.82, 2.24) is 24.7 Å². The number of H-pyrrole nitrogens is 1. The van der Waals surface area contributed by atoms with E-state index in [0.717, 1.165) is 16.5 Å². The van der Waals surface area contributed by atoms with E-state index in [0.29, 0.717) is 23.3 Å². The van der Waals surface area contributed by atoms with E-state index in [-0.39, 0.29) is 10.8 Å². The summed E-state index contributed by atoms with van der Waals surface area (Å²) in [5.74, 6) is 1.40. The lowest BCUT2D eigenvalue weighted by atomic mass is 10.2. The number of rotatable bonds is 6. The Morgan fingerprint density at radius 1 is 1.14 bits per heavy atom. The molecule has 1 N–H and O–H groups in total. The van der Waals surface area contributed by atoms with Crippen LogP contribution >= 0.6 is 11.8 Å². The molecular formula is C21H19N5OS. The van der Waals surface area contributed by atoms with Gasteiger partial charge in [0, 0.05) is 12.1 Å². The van der Waals surface area contributed by atoms with Crippen molar-refractivity contribution in [3.63, 3.8) is 0 Å². The Bertz CT molecular complexity index is 1180. The quantitative estimate of drug-likeness (QED) is 0.395. The van der Waals surface area contributed by atoms with Gasteiger partial charge in [0.05, 0.1) is 16.2 Å². The van der Waals surface area contributed by atoms with Gasteiger partial charge in [-0.15, -0.1) is 16.8 Å². The number of thioether (sulfide) groups is 1. The molecule has 6 nitrogen and oxygen atoms in total. The number of benzene rings is 2. The van der Waals surface area contributed by atoms with Crippen molar-refractivity contribution >= 4 is 22.7 Å². The summed E-state index contributed by atoms with van der Waals surface area (Å²) in [5.41, 5.74) is 1.55. The van der Waals surface area contributed by atoms with Crippen LogP contribution in [0.2, 0.25) is 0 Å². The Morgan fingerprint density at radius 2 is 1.89 bits per heavy atom. The molecule has 0 spiro atoms. The number of hydrogen-bond acceptors (Lipinski definition) is 5. The van der Waals surface area contributed by atoms with E-state index in [4.69, 9.17) is 0 Å². The second-order valence-electron chi connectivity index (χ2n) is 6.30. The van der Waals surface area contributed by atoms with Crippen molar-refractivity contribution in [2.24, 2.45) is 0 Å². The SMILES string of the molecule is C=CCn1c(S[C@@H](C)c2nc3ccccc3c(=O)[nH]2)nnc1-c1ccccc1. The maximum absolute atomic E-state index is 12.4. The summed E-state index contributed by atoms with van der Waals surface area (Å²) >= 11 is 1.50. The fraction of sp³-hybridized carbons (Fsp3) is 0.143. The first-order valence-corrected chi connectivity index (χ1v) is 9.80. The Balaban J connectivity index is 1.68. The van der Waals surface area contributed by atoms with E-state index >= 15 is 0 Å². The van der Waals surface area contributed by atoms with Crippen LogP contribution in [0.3, 0.4) is 0 Å². The normalized spacial score (nSPS) is 12.2. The highest BCUT2D eigenvalue weighted by Crippen LogP contribution is 2.34. The van der Waals surface area contributed by atoms with Gasteiger partial charge in [-0.3, -0.25) is 9.36 Å². The van der Waals surface area contributed by atoms with E-state index in [9.17, 15) is 4.79 Å². The lowest BCUT2D eigenvalue weighted by Crippen LogP contribution is -2.13. The van der Waals surface area contributed by atoms with Crippen LogP contribution in [0, 0.1) is 0 Å². The lowest BCUT2D eigenvalue weighted by Gasteiger charge is -2.12. The van der Waals surface area contributed by atoms with Crippen LogP contribution in [-0.2, 0) is 6.54 Å². The van der Waals surface area contributed by atoms with Crippen LogP contribution in [0.1, 0.15) is 18.0 Å². The third-order valence-electron chi connectivity index (χ3n) is 4.36. The van der Waals surface area contributed by atoms with Gasteiger partial charge < -0.3 is 4.98 Å². The molecule has 0 bridgehead atoms. The van der Waals surface area contributed by atoms with Crippen molar-refractivity contribution in [2.45, 2.75) is 23.9 Å². The number of nitrogens with one attached hydrogen (secondary N) is 1. The van der Waals surface area contributed by atoms with Gasteiger partial charge in [0.25, 0.3) is 5.56 Å². The maximum atomic E-state index is 12.4. The Labute approximate surface area is 166 Å². The molecule has 0 fully saturated rings. The number of nitrogens with zero attached hydrogens (tertiary/aromatic N) is 4. The molecule has 7 heteroatoms. The van der Waals surface area contributed by atoms with Crippen LogP contribution < -0.4 is 5.56 Å². The topological polar surface area (TPSA) is 76.5 Å². The Morgan fingerprint density at radius 3 is 2.68 bits per heavy atom. The van der Waals surface area contributed by atoms with E-state index in [1.807, 2.05) is 66.1 Å². The van der Waals surface area contributed by atoms with Crippen LogP contribution in [0.15, 0.2) is 77.2 Å². The zero-order valence-corrected chi connectivity index (χ0v) is 16.2. The third-order valence-corrected chi connectivity index (χ3v) is 5.45. The Hall–Kier alpha value is -3.19. The van der Waals surface area contributed by atoms with Gasteiger partial charge in [-0.05, 0) is 19.1 Å². The molecule has 0 amide bonds. The third kappa shape index (κ3) is 3.48. The van der Waals surface area contributed by atoms with E-state index < -0.39 is 0 Å². The smallest absolute Gasteiger partial charge is 0.258 e. The van der Waals surface area contributed by atoms with Gasteiger partial charge in [-0.2, -0.15) is 0 Å². The standard InChI is InChI=1S/C21H19N5OS/c1-3-13-26-19(15-9-5-4-6-10-15)24-25-21(26)28-14(2)18-22-17-12-8-7-11-16(17)20(27)23-18/h3-12,14H,1,13H2,2H3,(H,22,23,27)/t14-/m0/s1. The van der Waals surface area contributed by atoms with E-state index in [1.165, 1.54) is 11.8 Å². The van der Waals surface area contributed by atoms with Crippen LogP contribution in [0.4, 0.5) is 0 Å². The molecule has 28 heavy (non-hydrogen) atoms.